The highest BCUT2D eigenvalue weighted by Gasteiger charge is 2.00. The molecule has 0 saturated heterocycles. The number of aromatic nitrogens is 1. The highest BCUT2D eigenvalue weighted by Crippen LogP contribution is 2.17. The number of nitrogens with zero attached hydrogens (tertiary/aromatic N) is 1. The zero-order valence-electron chi connectivity index (χ0n) is 6.95. The number of nitrogen functional groups attached to an aromatic ring is 1. The van der Waals surface area contributed by atoms with E-state index in [1.54, 1.807) is 12.3 Å². The van der Waals surface area contributed by atoms with Gasteiger partial charge in [0, 0.05) is 6.20 Å². The highest BCUT2D eigenvalue weighted by molar-refractivity contribution is 5.49. The van der Waals surface area contributed by atoms with E-state index in [1.165, 1.54) is 0 Å². The van der Waals surface area contributed by atoms with Gasteiger partial charge in [-0.25, -0.2) is 4.98 Å². The van der Waals surface area contributed by atoms with Gasteiger partial charge >= 0.3 is 0 Å². The third-order valence-corrected chi connectivity index (χ3v) is 1.35. The molecule has 0 aromatic carbocycles. The first-order valence-corrected chi connectivity index (χ1v) is 3.70. The van der Waals surface area contributed by atoms with Crippen molar-refractivity contribution in [2.45, 2.75) is 6.92 Å². The van der Waals surface area contributed by atoms with Crippen LogP contribution in [-0.4, -0.2) is 23.3 Å². The molecular formula is C8H12N2O2. The monoisotopic (exact) mass is 168 g/mol. The van der Waals surface area contributed by atoms with Gasteiger partial charge in [-0.05, 0) is 18.6 Å². The van der Waals surface area contributed by atoms with Crippen molar-refractivity contribution in [3.63, 3.8) is 0 Å². The zero-order chi connectivity index (χ0) is 8.97. The first-order chi connectivity index (χ1) is 5.74. The number of hydrogen-bond acceptors (Lipinski definition) is 4. The van der Waals surface area contributed by atoms with Gasteiger partial charge in [-0.2, -0.15) is 0 Å². The minimum atomic E-state index is -0.0327. The quantitative estimate of drug-likeness (QED) is 0.683. The molecule has 3 N–H and O–H groups in total. The fourth-order valence-electron chi connectivity index (χ4n) is 0.842. The summed E-state index contributed by atoms with van der Waals surface area (Å²) in [6, 6.07) is 1.78. The van der Waals surface area contributed by atoms with Crippen LogP contribution in [0.15, 0.2) is 12.3 Å². The van der Waals surface area contributed by atoms with Gasteiger partial charge in [-0.1, -0.05) is 0 Å². The van der Waals surface area contributed by atoms with E-state index in [1.807, 2.05) is 6.92 Å². The minimum absolute atomic E-state index is 0.0327. The van der Waals surface area contributed by atoms with E-state index >= 15 is 0 Å². The minimum Gasteiger partial charge on any atom is -0.474 e. The van der Waals surface area contributed by atoms with E-state index in [-0.39, 0.29) is 13.2 Å². The number of anilines is 1. The molecule has 0 saturated carbocycles. The Morgan fingerprint density at radius 3 is 3.00 bits per heavy atom. The maximum absolute atomic E-state index is 8.48. The second kappa shape index (κ2) is 3.92. The summed E-state index contributed by atoms with van der Waals surface area (Å²) in [5, 5.41) is 8.48. The lowest BCUT2D eigenvalue weighted by Crippen LogP contribution is -2.05. The number of aliphatic hydroxyl groups is 1. The Kier molecular flexibility index (Phi) is 2.88. The molecule has 1 rings (SSSR count). The van der Waals surface area contributed by atoms with Crippen LogP contribution in [0.3, 0.4) is 0 Å². The first kappa shape index (κ1) is 8.80. The molecule has 0 aliphatic rings. The van der Waals surface area contributed by atoms with E-state index in [2.05, 4.69) is 4.98 Å². The molecule has 12 heavy (non-hydrogen) atoms. The molecule has 1 aromatic heterocycles. The number of ether oxygens (including phenoxy) is 1. The first-order valence-electron chi connectivity index (χ1n) is 3.70. The molecule has 1 aromatic rings. The molecule has 4 nitrogen and oxygen atoms in total. The predicted molar refractivity (Wildman–Crippen MR) is 46.0 cm³/mol. The Labute approximate surface area is 71.0 Å². The summed E-state index contributed by atoms with van der Waals surface area (Å²) in [6.45, 7) is 2.09. The van der Waals surface area contributed by atoms with Crippen LogP contribution in [-0.2, 0) is 0 Å². The Morgan fingerprint density at radius 1 is 1.67 bits per heavy atom. The van der Waals surface area contributed by atoms with Gasteiger partial charge in [0.15, 0.2) is 0 Å². The van der Waals surface area contributed by atoms with Crippen molar-refractivity contribution in [1.29, 1.82) is 0 Å². The molecule has 0 atom stereocenters. The number of pyridine rings is 1. The summed E-state index contributed by atoms with van der Waals surface area (Å²) in [6.07, 6.45) is 1.67. The SMILES string of the molecule is Cc1cnc(OCCO)c(N)c1. The molecular weight excluding hydrogens is 156 g/mol. The van der Waals surface area contributed by atoms with E-state index in [9.17, 15) is 0 Å². The largest absolute Gasteiger partial charge is 0.474 e. The van der Waals surface area contributed by atoms with Crippen LogP contribution in [0, 0.1) is 6.92 Å². The standard InChI is InChI=1S/C8H12N2O2/c1-6-4-7(9)8(10-5-6)12-3-2-11/h4-5,11H,2-3,9H2,1H3. The Morgan fingerprint density at radius 2 is 2.42 bits per heavy atom. The molecule has 0 aliphatic carbocycles. The second-order valence-corrected chi connectivity index (χ2v) is 2.48. The van der Waals surface area contributed by atoms with Gasteiger partial charge in [0.2, 0.25) is 5.88 Å². The summed E-state index contributed by atoms with van der Waals surface area (Å²) in [5.41, 5.74) is 7.09. The van der Waals surface area contributed by atoms with Gasteiger partial charge in [0.1, 0.15) is 6.61 Å². The fourth-order valence-corrected chi connectivity index (χ4v) is 0.842. The van der Waals surface area contributed by atoms with Gasteiger partial charge < -0.3 is 15.6 Å². The average Bonchev–Trinajstić information content (AvgIpc) is 2.03. The van der Waals surface area contributed by atoms with Crippen LogP contribution < -0.4 is 10.5 Å². The summed E-state index contributed by atoms with van der Waals surface area (Å²) >= 11 is 0. The molecule has 4 heteroatoms. The van der Waals surface area contributed by atoms with Gasteiger partial charge in [-0.15, -0.1) is 0 Å². The molecule has 1 heterocycles. The van der Waals surface area contributed by atoms with Crippen molar-refractivity contribution in [2.24, 2.45) is 0 Å². The number of hydrogen-bond donors (Lipinski definition) is 2. The molecule has 0 radical (unpaired) electrons. The van der Waals surface area contributed by atoms with E-state index in [0.717, 1.165) is 5.56 Å². The number of rotatable bonds is 3. The van der Waals surface area contributed by atoms with Gasteiger partial charge in [-0.3, -0.25) is 0 Å². The van der Waals surface area contributed by atoms with Crippen LogP contribution in [0.2, 0.25) is 0 Å². The van der Waals surface area contributed by atoms with Crippen LogP contribution >= 0.6 is 0 Å². The van der Waals surface area contributed by atoms with Crippen molar-refractivity contribution in [3.8, 4) is 5.88 Å². The maximum atomic E-state index is 8.48. The van der Waals surface area contributed by atoms with E-state index in [0.29, 0.717) is 11.6 Å². The third-order valence-electron chi connectivity index (χ3n) is 1.35. The Hall–Kier alpha value is -1.29. The summed E-state index contributed by atoms with van der Waals surface area (Å²) in [4.78, 5) is 3.96. The average molecular weight is 168 g/mol. The third kappa shape index (κ3) is 2.10. The number of aliphatic hydroxyl groups excluding tert-OH is 1. The van der Waals surface area contributed by atoms with Crippen molar-refractivity contribution < 1.29 is 9.84 Å². The predicted octanol–water partition coefficient (Wildman–Crippen LogP) is 0.343. The Bertz CT molecular complexity index is 263. The molecule has 0 aliphatic heterocycles. The summed E-state index contributed by atoms with van der Waals surface area (Å²) < 4.78 is 5.05. The lowest BCUT2D eigenvalue weighted by Gasteiger charge is -2.05. The highest BCUT2D eigenvalue weighted by atomic mass is 16.5. The number of nitrogens with two attached hydrogens (primary N) is 1. The Balaban J connectivity index is 2.72. The lowest BCUT2D eigenvalue weighted by atomic mass is 10.3. The number of aryl methyl sites for hydroxylation is 1. The van der Waals surface area contributed by atoms with Crippen molar-refractivity contribution in [3.05, 3.63) is 17.8 Å². The molecule has 66 valence electrons. The summed E-state index contributed by atoms with van der Waals surface area (Å²) in [5.74, 6) is 0.384. The van der Waals surface area contributed by atoms with E-state index < -0.39 is 0 Å². The van der Waals surface area contributed by atoms with E-state index in [4.69, 9.17) is 15.6 Å². The molecule has 0 spiro atoms. The van der Waals surface area contributed by atoms with Crippen molar-refractivity contribution in [1.82, 2.24) is 4.98 Å². The maximum Gasteiger partial charge on any atom is 0.237 e. The normalized spacial score (nSPS) is 9.83. The van der Waals surface area contributed by atoms with Gasteiger partial charge in [0.05, 0.1) is 12.3 Å². The molecule has 0 amide bonds. The summed E-state index contributed by atoms with van der Waals surface area (Å²) in [7, 11) is 0. The van der Waals surface area contributed by atoms with Crippen LogP contribution in [0.25, 0.3) is 0 Å². The topological polar surface area (TPSA) is 68.4 Å². The fraction of sp³-hybridized carbons (Fsp3) is 0.375. The van der Waals surface area contributed by atoms with Crippen molar-refractivity contribution in [2.75, 3.05) is 18.9 Å². The van der Waals surface area contributed by atoms with Gasteiger partial charge in [0.25, 0.3) is 0 Å². The van der Waals surface area contributed by atoms with Crippen LogP contribution in [0.1, 0.15) is 5.56 Å². The molecule has 0 unspecified atom stereocenters. The second-order valence-electron chi connectivity index (χ2n) is 2.48. The molecule has 0 bridgehead atoms. The lowest BCUT2D eigenvalue weighted by molar-refractivity contribution is 0.197. The van der Waals surface area contributed by atoms with Crippen molar-refractivity contribution >= 4 is 5.69 Å². The van der Waals surface area contributed by atoms with Crippen LogP contribution in [0.4, 0.5) is 5.69 Å². The smallest absolute Gasteiger partial charge is 0.237 e. The zero-order valence-corrected chi connectivity index (χ0v) is 6.95. The van der Waals surface area contributed by atoms with Crippen LogP contribution in [0.5, 0.6) is 5.88 Å². The molecule has 0 fully saturated rings.